The van der Waals surface area contributed by atoms with Crippen LogP contribution in [0.1, 0.15) is 17.5 Å². The van der Waals surface area contributed by atoms with E-state index in [2.05, 4.69) is 10.3 Å². The molecule has 0 aliphatic carbocycles. The highest BCUT2D eigenvalue weighted by molar-refractivity contribution is 5.76. The van der Waals surface area contributed by atoms with E-state index in [1.54, 1.807) is 27.5 Å². The van der Waals surface area contributed by atoms with Gasteiger partial charge in [-0.25, -0.2) is 0 Å². The second-order valence-corrected chi connectivity index (χ2v) is 5.49. The lowest BCUT2D eigenvalue weighted by Crippen LogP contribution is -2.25. The van der Waals surface area contributed by atoms with E-state index in [0.29, 0.717) is 36.6 Å². The van der Waals surface area contributed by atoms with Gasteiger partial charge in [0.2, 0.25) is 11.7 Å². The summed E-state index contributed by atoms with van der Waals surface area (Å²) in [6.45, 7) is 0.597. The Morgan fingerprint density at radius 2 is 1.76 bits per heavy atom. The largest absolute Gasteiger partial charge is 0.493 e. The van der Waals surface area contributed by atoms with Crippen molar-refractivity contribution in [2.75, 3.05) is 27.9 Å². The maximum absolute atomic E-state index is 12.0. The van der Waals surface area contributed by atoms with Gasteiger partial charge in [-0.15, -0.1) is 0 Å². The number of ether oxygens (including phenoxy) is 3. The van der Waals surface area contributed by atoms with Crippen LogP contribution < -0.4 is 19.5 Å². The van der Waals surface area contributed by atoms with Gasteiger partial charge < -0.3 is 19.5 Å². The van der Waals surface area contributed by atoms with Crippen LogP contribution in [0.4, 0.5) is 0 Å². The van der Waals surface area contributed by atoms with Crippen LogP contribution in [0.5, 0.6) is 17.2 Å². The molecule has 0 bridgehead atoms. The molecule has 1 N–H and O–H groups in total. The molecular weight excluding hydrogens is 320 g/mol. The molecule has 0 unspecified atom stereocenters. The minimum atomic E-state index is 0.0117. The third-order valence-electron chi connectivity index (χ3n) is 3.82. The minimum Gasteiger partial charge on any atom is -0.493 e. The number of rotatable bonds is 9. The summed E-state index contributed by atoms with van der Waals surface area (Å²) >= 11 is 0. The monoisotopic (exact) mass is 344 g/mol. The van der Waals surface area contributed by atoms with E-state index in [1.807, 2.05) is 30.5 Å². The molecule has 0 atom stereocenters. The summed E-state index contributed by atoms with van der Waals surface area (Å²) in [5.41, 5.74) is 2.06. The van der Waals surface area contributed by atoms with Gasteiger partial charge in [0, 0.05) is 25.4 Å². The molecule has 2 aromatic rings. The second kappa shape index (κ2) is 9.52. The van der Waals surface area contributed by atoms with Crippen molar-refractivity contribution in [1.82, 2.24) is 10.3 Å². The molecule has 6 nitrogen and oxygen atoms in total. The number of pyridine rings is 1. The van der Waals surface area contributed by atoms with E-state index >= 15 is 0 Å². The van der Waals surface area contributed by atoms with Gasteiger partial charge in [0.1, 0.15) is 0 Å². The number of methoxy groups -OCH3 is 3. The summed E-state index contributed by atoms with van der Waals surface area (Å²) in [6.07, 6.45) is 5.30. The van der Waals surface area contributed by atoms with Crippen LogP contribution in [0.2, 0.25) is 0 Å². The lowest BCUT2D eigenvalue weighted by molar-refractivity contribution is -0.121. The Labute approximate surface area is 148 Å². The number of carbonyl (C=O) groups is 1. The van der Waals surface area contributed by atoms with Crippen molar-refractivity contribution in [2.24, 2.45) is 0 Å². The van der Waals surface area contributed by atoms with E-state index in [9.17, 15) is 4.79 Å². The maximum atomic E-state index is 12.0. The number of aryl methyl sites for hydroxylation is 1. The smallest absolute Gasteiger partial charge is 0.220 e. The molecule has 25 heavy (non-hydrogen) atoms. The molecule has 6 heteroatoms. The van der Waals surface area contributed by atoms with Crippen molar-refractivity contribution in [2.45, 2.75) is 19.3 Å². The number of carbonyl (C=O) groups excluding carboxylic acids is 1. The Bertz CT molecular complexity index is 664. The van der Waals surface area contributed by atoms with Crippen LogP contribution in [0.25, 0.3) is 0 Å². The molecule has 1 aromatic carbocycles. The quantitative estimate of drug-likeness (QED) is 0.756. The number of benzene rings is 1. The van der Waals surface area contributed by atoms with Crippen molar-refractivity contribution < 1.29 is 19.0 Å². The Kier molecular flexibility index (Phi) is 7.07. The van der Waals surface area contributed by atoms with Crippen molar-refractivity contribution >= 4 is 5.91 Å². The number of aromatic nitrogens is 1. The van der Waals surface area contributed by atoms with Crippen molar-refractivity contribution in [3.63, 3.8) is 0 Å². The zero-order valence-electron chi connectivity index (χ0n) is 14.9. The van der Waals surface area contributed by atoms with Gasteiger partial charge in [-0.2, -0.15) is 0 Å². The maximum Gasteiger partial charge on any atom is 0.220 e. The molecule has 134 valence electrons. The predicted molar refractivity (Wildman–Crippen MR) is 95.4 cm³/mol. The van der Waals surface area contributed by atoms with Gasteiger partial charge >= 0.3 is 0 Å². The van der Waals surface area contributed by atoms with Crippen LogP contribution in [0.15, 0.2) is 36.7 Å². The van der Waals surface area contributed by atoms with Gasteiger partial charge in [0.05, 0.1) is 21.3 Å². The molecular formula is C19H24N2O4. The van der Waals surface area contributed by atoms with Crippen LogP contribution in [-0.2, 0) is 17.6 Å². The molecule has 0 radical (unpaired) electrons. The SMILES string of the molecule is COc1cc(CCC(=O)NCCc2cccnc2)cc(OC)c1OC. The number of nitrogens with one attached hydrogen (secondary N) is 1. The molecule has 2 rings (SSSR count). The molecule has 0 spiro atoms. The highest BCUT2D eigenvalue weighted by atomic mass is 16.5. The Morgan fingerprint density at radius 1 is 1.04 bits per heavy atom. The predicted octanol–water partition coefficient (Wildman–Crippen LogP) is 2.40. The molecule has 1 aromatic heterocycles. The summed E-state index contributed by atoms with van der Waals surface area (Å²) in [5, 5.41) is 2.93. The van der Waals surface area contributed by atoms with Crippen LogP contribution in [0, 0.1) is 0 Å². The summed E-state index contributed by atoms with van der Waals surface area (Å²) in [7, 11) is 4.72. The topological polar surface area (TPSA) is 69.7 Å². The van der Waals surface area contributed by atoms with E-state index in [0.717, 1.165) is 17.5 Å². The summed E-state index contributed by atoms with van der Waals surface area (Å²) in [4.78, 5) is 16.1. The summed E-state index contributed by atoms with van der Waals surface area (Å²) < 4.78 is 16.0. The molecule has 1 amide bonds. The lowest BCUT2D eigenvalue weighted by atomic mass is 10.1. The van der Waals surface area contributed by atoms with E-state index in [1.165, 1.54) is 0 Å². The highest BCUT2D eigenvalue weighted by Gasteiger charge is 2.13. The number of hydrogen-bond acceptors (Lipinski definition) is 5. The van der Waals surface area contributed by atoms with Gasteiger partial charge in [-0.3, -0.25) is 9.78 Å². The van der Waals surface area contributed by atoms with Crippen LogP contribution in [-0.4, -0.2) is 38.8 Å². The van der Waals surface area contributed by atoms with Gasteiger partial charge in [0.25, 0.3) is 0 Å². The molecule has 0 saturated carbocycles. The summed E-state index contributed by atoms with van der Waals surface area (Å²) in [6, 6.07) is 7.62. The molecule has 0 saturated heterocycles. The van der Waals surface area contributed by atoms with Gasteiger partial charge in [-0.05, 0) is 42.2 Å². The van der Waals surface area contributed by atoms with Gasteiger partial charge in [-0.1, -0.05) is 6.07 Å². The van der Waals surface area contributed by atoms with Crippen LogP contribution >= 0.6 is 0 Å². The fraction of sp³-hybridized carbons (Fsp3) is 0.368. The normalized spacial score (nSPS) is 10.2. The van der Waals surface area contributed by atoms with Crippen LogP contribution in [0.3, 0.4) is 0 Å². The zero-order valence-corrected chi connectivity index (χ0v) is 14.9. The fourth-order valence-electron chi connectivity index (χ4n) is 2.52. The average molecular weight is 344 g/mol. The van der Waals surface area contributed by atoms with Crippen molar-refractivity contribution in [3.05, 3.63) is 47.8 Å². The van der Waals surface area contributed by atoms with E-state index < -0.39 is 0 Å². The number of hydrogen-bond donors (Lipinski definition) is 1. The Hall–Kier alpha value is -2.76. The Morgan fingerprint density at radius 3 is 2.32 bits per heavy atom. The first-order chi connectivity index (χ1) is 12.2. The average Bonchev–Trinajstić information content (AvgIpc) is 2.66. The highest BCUT2D eigenvalue weighted by Crippen LogP contribution is 2.38. The van der Waals surface area contributed by atoms with Crippen molar-refractivity contribution in [1.29, 1.82) is 0 Å². The first-order valence-electron chi connectivity index (χ1n) is 8.12. The molecule has 1 heterocycles. The Balaban J connectivity index is 1.86. The zero-order chi connectivity index (χ0) is 18.1. The molecule has 0 aliphatic heterocycles. The molecule has 0 aliphatic rings. The van der Waals surface area contributed by atoms with Crippen molar-refractivity contribution in [3.8, 4) is 17.2 Å². The molecule has 0 fully saturated rings. The standard InChI is InChI=1S/C19H24N2O4/c1-23-16-11-15(12-17(24-2)19(16)25-3)6-7-18(22)21-10-8-14-5-4-9-20-13-14/h4-5,9,11-13H,6-8,10H2,1-3H3,(H,21,22). The third-order valence-corrected chi connectivity index (χ3v) is 3.82. The lowest BCUT2D eigenvalue weighted by Gasteiger charge is -2.14. The fourth-order valence-corrected chi connectivity index (χ4v) is 2.52. The second-order valence-electron chi connectivity index (χ2n) is 5.49. The minimum absolute atomic E-state index is 0.0117. The van der Waals surface area contributed by atoms with E-state index in [4.69, 9.17) is 14.2 Å². The van der Waals surface area contributed by atoms with E-state index in [-0.39, 0.29) is 5.91 Å². The number of amides is 1. The number of nitrogens with zero attached hydrogens (tertiary/aromatic N) is 1. The van der Waals surface area contributed by atoms with Gasteiger partial charge in [0.15, 0.2) is 11.5 Å². The first-order valence-corrected chi connectivity index (χ1v) is 8.12. The third kappa shape index (κ3) is 5.38. The summed E-state index contributed by atoms with van der Waals surface area (Å²) in [5.74, 6) is 1.75. The first kappa shape index (κ1) is 18.6.